The minimum absolute atomic E-state index is 0.833. The van der Waals surface area contributed by atoms with E-state index in [1.807, 2.05) is 0 Å². The van der Waals surface area contributed by atoms with Crippen LogP contribution in [0.2, 0.25) is 0 Å². The van der Waals surface area contributed by atoms with Crippen LogP contribution in [-0.4, -0.2) is 29.6 Å². The van der Waals surface area contributed by atoms with Crippen molar-refractivity contribution in [3.8, 4) is 0 Å². The fraction of sp³-hybridized carbons (Fsp3) is 0. The monoisotopic (exact) mass is 218 g/mol. The van der Waals surface area contributed by atoms with Crippen LogP contribution in [-0.2, 0) is 10.4 Å². The van der Waals surface area contributed by atoms with E-state index in [0.717, 1.165) is 0 Å². The molecule has 0 aliphatic rings. The Labute approximate surface area is 73.4 Å². The highest BCUT2D eigenvalue weighted by Crippen LogP contribution is 1.59. The van der Waals surface area contributed by atoms with Gasteiger partial charge in [0.05, 0.1) is 0 Å². The number of hydrogen-bond donors (Lipinski definition) is 6. The summed E-state index contributed by atoms with van der Waals surface area (Å²) in [5, 5.41) is 0. The van der Waals surface area contributed by atoms with Crippen molar-refractivity contribution in [1.29, 1.82) is 0 Å². The first-order valence-electron chi connectivity index (χ1n) is 2.26. The Morgan fingerprint density at radius 1 is 0.846 bits per heavy atom. The molecule has 0 aliphatic heterocycles. The molecule has 0 unspecified atom stereocenters. The highest BCUT2D eigenvalue weighted by atomic mass is 32.3. The lowest BCUT2D eigenvalue weighted by atomic mass is 11.2. The molecule has 0 bridgehead atoms. The van der Waals surface area contributed by atoms with Gasteiger partial charge in [0.1, 0.15) is 0 Å². The Morgan fingerprint density at radius 3 is 0.846 bits per heavy atom. The van der Waals surface area contributed by atoms with Crippen LogP contribution in [0.1, 0.15) is 0 Å². The van der Waals surface area contributed by atoms with E-state index in [9.17, 15) is 0 Å². The second kappa shape index (κ2) is 8.51. The number of rotatable bonds is 0. The summed E-state index contributed by atoms with van der Waals surface area (Å²) in [5.41, 5.74) is 17.0. The molecule has 0 spiro atoms. The van der Waals surface area contributed by atoms with Gasteiger partial charge in [0.15, 0.2) is 0 Å². The van der Waals surface area contributed by atoms with E-state index in [-0.39, 0.29) is 0 Å². The molecule has 0 fully saturated rings. The average Bonchev–Trinajstić information content (AvgIpc) is 1.50. The zero-order chi connectivity index (χ0) is 11.7. The minimum Gasteiger partial charge on any atom is -0.352 e. The molecule has 10 N–H and O–H groups in total. The van der Waals surface area contributed by atoms with Gasteiger partial charge in [0.25, 0.3) is 0 Å². The van der Waals surface area contributed by atoms with Gasteiger partial charge in [-0.05, 0) is 0 Å². The van der Waals surface area contributed by atoms with Crippen molar-refractivity contribution in [1.82, 2.24) is 0 Å². The Bertz CT molecular complexity index is 217. The van der Waals surface area contributed by atoms with Crippen LogP contribution in [0, 0.1) is 0 Å². The molecule has 0 aromatic heterocycles. The minimum atomic E-state index is -4.67. The van der Waals surface area contributed by atoms with Crippen molar-refractivity contribution in [2.75, 3.05) is 0 Å². The predicted molar refractivity (Wildman–Crippen MR) is 41.7 cm³/mol. The normalized spacial score (nSPS) is 8.15. The van der Waals surface area contributed by atoms with Crippen LogP contribution >= 0.6 is 0 Å². The van der Waals surface area contributed by atoms with Gasteiger partial charge in [0, 0.05) is 0 Å². The summed E-state index contributed by atoms with van der Waals surface area (Å²) in [6.45, 7) is 0. The number of hydrogen-bond acceptors (Lipinski definition) is 4. The summed E-state index contributed by atoms with van der Waals surface area (Å²) in [7, 11) is -4.67. The zero-order valence-electron chi connectivity index (χ0n) is 6.25. The van der Waals surface area contributed by atoms with Crippen molar-refractivity contribution >= 4 is 22.5 Å². The fourth-order valence-electron chi connectivity index (χ4n) is 0. The van der Waals surface area contributed by atoms with Crippen LogP contribution in [0.5, 0.6) is 0 Å². The smallest absolute Gasteiger partial charge is 0.352 e. The van der Waals surface area contributed by atoms with Crippen LogP contribution in [0.25, 0.3) is 0 Å². The van der Waals surface area contributed by atoms with Crippen molar-refractivity contribution in [2.45, 2.75) is 0 Å². The molecule has 0 saturated carbocycles. The molecule has 0 atom stereocenters. The highest BCUT2D eigenvalue weighted by Gasteiger charge is 1.84. The Hall–Kier alpha value is -1.59. The summed E-state index contributed by atoms with van der Waals surface area (Å²) in [4.78, 5) is 18.0. The van der Waals surface area contributed by atoms with Crippen molar-refractivity contribution in [2.24, 2.45) is 22.9 Å². The second-order valence-electron chi connectivity index (χ2n) is 1.25. The van der Waals surface area contributed by atoms with Crippen LogP contribution in [0.3, 0.4) is 0 Å². The molecule has 0 aliphatic carbocycles. The summed E-state index contributed by atoms with van der Waals surface area (Å²) in [6, 6.07) is -1.67. The lowest BCUT2D eigenvalue weighted by Crippen LogP contribution is -2.18. The summed E-state index contributed by atoms with van der Waals surface area (Å²) in [5.74, 6) is 0. The van der Waals surface area contributed by atoms with Gasteiger partial charge in [0.2, 0.25) is 0 Å². The van der Waals surface area contributed by atoms with E-state index in [1.54, 1.807) is 0 Å². The molecule has 13 heavy (non-hydrogen) atoms. The summed E-state index contributed by atoms with van der Waals surface area (Å²) >= 11 is 0. The van der Waals surface area contributed by atoms with Crippen molar-refractivity contribution < 1.29 is 27.1 Å². The fourth-order valence-corrected chi connectivity index (χ4v) is 0. The third kappa shape index (κ3) is 291. The number of carbonyl (C=O) groups excluding carboxylic acids is 2. The van der Waals surface area contributed by atoms with Crippen LogP contribution in [0.4, 0.5) is 9.59 Å². The maximum atomic E-state index is 9.00. The SMILES string of the molecule is NC(N)=O.NC(N)=O.O=S(=O)(O)O. The van der Waals surface area contributed by atoms with E-state index in [1.165, 1.54) is 0 Å². The van der Waals surface area contributed by atoms with E-state index in [4.69, 9.17) is 27.1 Å². The predicted octanol–water partition coefficient (Wildman–Crippen LogP) is -2.61. The van der Waals surface area contributed by atoms with Crippen molar-refractivity contribution in [3.05, 3.63) is 0 Å². The first-order chi connectivity index (χ1) is 5.46. The van der Waals surface area contributed by atoms with E-state index in [2.05, 4.69) is 22.9 Å². The standard InChI is InChI=1S/2CH4N2O.H2O4S/c2*2-1(3)4;1-5(2,3)4/h2*(H4,2,3,4);(H2,1,2,3,4). The number of nitrogens with two attached hydrogens (primary N) is 4. The highest BCUT2D eigenvalue weighted by molar-refractivity contribution is 7.79. The average molecular weight is 218 g/mol. The molecule has 0 heterocycles. The zero-order valence-corrected chi connectivity index (χ0v) is 7.06. The van der Waals surface area contributed by atoms with E-state index >= 15 is 0 Å². The lowest BCUT2D eigenvalue weighted by molar-refractivity contribution is 0.255. The van der Waals surface area contributed by atoms with Crippen molar-refractivity contribution in [3.63, 3.8) is 0 Å². The Balaban J connectivity index is -0.000000117. The van der Waals surface area contributed by atoms with Gasteiger partial charge in [-0.25, -0.2) is 9.59 Å². The van der Waals surface area contributed by atoms with Gasteiger partial charge in [-0.3, -0.25) is 9.11 Å². The van der Waals surface area contributed by atoms with Gasteiger partial charge < -0.3 is 22.9 Å². The topological polar surface area (TPSA) is 213 Å². The Kier molecular flexibility index (Phi) is 11.4. The van der Waals surface area contributed by atoms with Crippen LogP contribution in [0.15, 0.2) is 0 Å². The van der Waals surface area contributed by atoms with Crippen LogP contribution < -0.4 is 22.9 Å². The van der Waals surface area contributed by atoms with E-state index < -0.39 is 22.5 Å². The number of urea groups is 2. The maximum absolute atomic E-state index is 9.00. The van der Waals surface area contributed by atoms with Gasteiger partial charge in [-0.1, -0.05) is 0 Å². The molecule has 11 heteroatoms. The number of carbonyl (C=O) groups is 2. The molecule has 10 nitrogen and oxygen atoms in total. The molecule has 0 aromatic carbocycles. The third-order valence-electron chi connectivity index (χ3n) is 0. The number of primary amides is 4. The van der Waals surface area contributed by atoms with E-state index in [0.29, 0.717) is 0 Å². The summed E-state index contributed by atoms with van der Waals surface area (Å²) < 4.78 is 31.6. The lowest BCUT2D eigenvalue weighted by Gasteiger charge is -1.68. The molecule has 0 aromatic rings. The molecule has 4 amide bonds. The third-order valence-corrected chi connectivity index (χ3v) is 0. The number of amides is 4. The first-order valence-corrected chi connectivity index (χ1v) is 3.66. The molecule has 0 radical (unpaired) electrons. The second-order valence-corrected chi connectivity index (χ2v) is 2.15. The van der Waals surface area contributed by atoms with Gasteiger partial charge in [-0.15, -0.1) is 0 Å². The maximum Gasteiger partial charge on any atom is 0.394 e. The van der Waals surface area contributed by atoms with Gasteiger partial charge in [-0.2, -0.15) is 8.42 Å². The molecular formula is C2H10N4O6S. The largest absolute Gasteiger partial charge is 0.394 e. The van der Waals surface area contributed by atoms with Gasteiger partial charge >= 0.3 is 22.5 Å². The molecule has 0 saturated heterocycles. The molecule has 80 valence electrons. The quantitative estimate of drug-likeness (QED) is 0.239. The summed E-state index contributed by atoms with van der Waals surface area (Å²) in [6.07, 6.45) is 0. The molecule has 0 rings (SSSR count). The first kappa shape index (κ1) is 17.5. The molecular weight excluding hydrogens is 208 g/mol. The Morgan fingerprint density at radius 2 is 0.846 bits per heavy atom.